The standard InChI is InChI=1S/C76H119N21O23S/c1-8-38(4)58(94-65(109)47(26-27-53(79)101)87-72(116)59(39(5)98)95-62(106)44(78)33-56(104)105)71(115)86-45(23-15-16-28-77)63(107)85-46(24-17-29-83-76(81)82)64(108)88-50(34-54(80)102)68(112)96-60(40(6)99)73(117)90-49(32-43-21-13-10-14-22-43)67(111)93-57(37(2)3)70(114)84-35-55(103)92-61(41(7)100)74(118)97-30-18-25-52(97)69(113)89-48(31-42-19-11-9-12-20-42)66(110)91-51(36-121)75(119)120/h9-14,19-22,37-41,44-52,57-61,98-100,121H,8,15-18,23-36,77-78H2,1-7H3,(H2,79,101)(H2,80,102)(H,84,114)(H,85,107)(H,86,115)(H,87,116)(H,88,108)(H,89,113)(H,90,117)(H,91,110)(H,92,103)(H,93,111)(H,94,109)(H,95,106)(H,96,112)(H,104,105)(H,119,120)(H4,81,82,83)/t38-,39+,40+,41+,44-,45-,46-,47-,48-,49-,50-,51-,52-,57-,58-,59-,60-,61-/m0/s1. The van der Waals surface area contributed by atoms with Gasteiger partial charge in [0.2, 0.25) is 94.5 Å². The van der Waals surface area contributed by atoms with Gasteiger partial charge in [0, 0.05) is 38.1 Å². The van der Waals surface area contributed by atoms with Gasteiger partial charge in [-0.05, 0) is 102 Å². The van der Waals surface area contributed by atoms with Crippen LogP contribution in [0.4, 0.5) is 0 Å². The van der Waals surface area contributed by atoms with E-state index in [1.165, 1.54) is 27.7 Å². The second-order valence-corrected chi connectivity index (χ2v) is 30.1. The number of likely N-dealkylation sites (tertiary alicyclic amines) is 1. The number of amides is 16. The zero-order valence-corrected chi connectivity index (χ0v) is 69.5. The molecular weight excluding hydrogens is 1610 g/mol. The first-order chi connectivity index (χ1) is 56.9. The quantitative estimate of drug-likeness (QED) is 0.0127. The molecule has 1 aliphatic rings. The highest BCUT2D eigenvalue weighted by Gasteiger charge is 2.43. The number of carboxylic acid groups (broad SMARTS) is 2. The number of unbranched alkanes of at least 4 members (excludes halogenated alkanes) is 1. The van der Waals surface area contributed by atoms with E-state index < -0.39 is 253 Å². The number of aliphatic hydroxyl groups is 3. The molecule has 121 heavy (non-hydrogen) atoms. The fraction of sp³-hybridized carbons (Fsp3) is 0.592. The van der Waals surface area contributed by atoms with Crippen molar-refractivity contribution in [3.05, 3.63) is 71.8 Å². The maximum Gasteiger partial charge on any atom is 0.327 e. The summed E-state index contributed by atoms with van der Waals surface area (Å²) in [5, 5.41) is 82.7. The Morgan fingerprint density at radius 3 is 1.40 bits per heavy atom. The van der Waals surface area contributed by atoms with Gasteiger partial charge in [0.15, 0.2) is 5.96 Å². The molecule has 3 rings (SSSR count). The minimum Gasteiger partial charge on any atom is -0.481 e. The number of thiol groups is 1. The molecule has 0 unspecified atom stereocenters. The van der Waals surface area contributed by atoms with Crippen LogP contribution in [0.25, 0.3) is 0 Å². The second kappa shape index (κ2) is 52.4. The molecule has 44 nitrogen and oxygen atoms in total. The normalized spacial score (nSPS) is 16.6. The Morgan fingerprint density at radius 1 is 0.488 bits per heavy atom. The van der Waals surface area contributed by atoms with Gasteiger partial charge in [0.1, 0.15) is 78.5 Å². The lowest BCUT2D eigenvalue weighted by atomic mass is 9.96. The van der Waals surface area contributed by atoms with Crippen LogP contribution in [0.3, 0.4) is 0 Å². The fourth-order valence-corrected chi connectivity index (χ4v) is 12.6. The third-order valence-electron chi connectivity index (χ3n) is 19.4. The molecule has 0 aliphatic carbocycles. The average molecular weight is 1730 g/mol. The molecule has 2 aromatic carbocycles. The van der Waals surface area contributed by atoms with Crippen molar-refractivity contribution in [1.82, 2.24) is 74.0 Å². The number of nitrogens with one attached hydrogen (secondary N) is 13. The van der Waals surface area contributed by atoms with Gasteiger partial charge in [-0.3, -0.25) is 86.5 Å². The Labute approximate surface area is 704 Å². The maximum atomic E-state index is 14.6. The van der Waals surface area contributed by atoms with Crippen molar-refractivity contribution in [1.29, 1.82) is 0 Å². The van der Waals surface area contributed by atoms with Gasteiger partial charge in [-0.1, -0.05) is 94.8 Å². The summed E-state index contributed by atoms with van der Waals surface area (Å²) < 4.78 is 0. The van der Waals surface area contributed by atoms with Gasteiger partial charge in [-0.25, -0.2) is 4.79 Å². The summed E-state index contributed by atoms with van der Waals surface area (Å²) in [5.41, 5.74) is 34.6. The monoisotopic (exact) mass is 1730 g/mol. The van der Waals surface area contributed by atoms with Crippen LogP contribution in [-0.2, 0) is 99.1 Å². The molecule has 672 valence electrons. The molecule has 1 saturated heterocycles. The van der Waals surface area contributed by atoms with Crippen molar-refractivity contribution in [2.45, 2.75) is 241 Å². The Balaban J connectivity index is 1.91. The van der Waals surface area contributed by atoms with Crippen LogP contribution in [-0.4, -0.2) is 278 Å². The smallest absolute Gasteiger partial charge is 0.327 e. The van der Waals surface area contributed by atoms with E-state index in [0.717, 1.165) is 18.7 Å². The Bertz CT molecular complexity index is 3920. The van der Waals surface area contributed by atoms with Crippen molar-refractivity contribution in [3.8, 4) is 0 Å². The minimum absolute atomic E-state index is 0.0297. The number of nitrogens with zero attached hydrogens (tertiary/aromatic N) is 2. The first kappa shape index (κ1) is 104. The number of rotatable bonds is 54. The molecule has 30 N–H and O–H groups in total. The number of aliphatic hydroxyl groups excluding tert-OH is 3. The van der Waals surface area contributed by atoms with Crippen molar-refractivity contribution in [2.75, 3.05) is 31.9 Å². The van der Waals surface area contributed by atoms with Crippen LogP contribution < -0.4 is 104 Å². The van der Waals surface area contributed by atoms with Gasteiger partial charge in [0.05, 0.1) is 43.7 Å². The predicted octanol–water partition coefficient (Wildman–Crippen LogP) is -8.62. The van der Waals surface area contributed by atoms with Crippen LogP contribution in [0.2, 0.25) is 0 Å². The zero-order chi connectivity index (χ0) is 91.1. The summed E-state index contributed by atoms with van der Waals surface area (Å²) in [6.45, 7) is 8.63. The Morgan fingerprint density at radius 2 is 0.926 bits per heavy atom. The molecule has 45 heteroatoms. The molecule has 0 bridgehead atoms. The largest absolute Gasteiger partial charge is 0.481 e. The van der Waals surface area contributed by atoms with E-state index in [9.17, 15) is 107 Å². The fourth-order valence-electron chi connectivity index (χ4n) is 12.4. The van der Waals surface area contributed by atoms with E-state index in [1.54, 1.807) is 67.6 Å². The van der Waals surface area contributed by atoms with E-state index >= 15 is 0 Å². The summed E-state index contributed by atoms with van der Waals surface area (Å²) in [5.74, 6) is -22.0. The number of benzene rings is 2. The summed E-state index contributed by atoms with van der Waals surface area (Å²) in [7, 11) is 0. The molecule has 16 amide bonds. The zero-order valence-electron chi connectivity index (χ0n) is 68.6. The number of primary amides is 2. The number of aliphatic imine (C=N–C) groups is 1. The molecule has 18 atom stereocenters. The first-order valence-electron chi connectivity index (χ1n) is 39.4. The van der Waals surface area contributed by atoms with Crippen molar-refractivity contribution in [3.63, 3.8) is 0 Å². The van der Waals surface area contributed by atoms with Crippen LogP contribution in [0.15, 0.2) is 65.7 Å². The molecule has 0 aromatic heterocycles. The molecule has 1 fully saturated rings. The van der Waals surface area contributed by atoms with Crippen LogP contribution >= 0.6 is 12.6 Å². The SMILES string of the molecule is CC[C@H](C)[C@H](NC(=O)[C@H](CCC(N)=O)NC(=O)[C@@H](NC(=O)[C@@H](N)CC(=O)O)[C@@H](C)O)C(=O)N[C@@H](CCCCN)C(=O)N[C@@H](CCCN=C(N)N)C(=O)N[C@@H](CC(N)=O)C(=O)N[C@H](C(=O)N[C@@H](Cc1ccccc1)C(=O)N[C@H](C(=O)NCC(=O)N[C@H](C(=O)N1CCC[C@H]1C(=O)N[C@@H](Cc1ccccc1)C(=O)N[C@@H](CS)C(=O)O)[C@@H](C)O)C(C)C)[C@@H](C)O. The summed E-state index contributed by atoms with van der Waals surface area (Å²) in [6.07, 6.45) is -7.99. The number of carboxylic acids is 2. The van der Waals surface area contributed by atoms with Gasteiger partial charge >= 0.3 is 11.9 Å². The lowest BCUT2D eigenvalue weighted by Gasteiger charge is -2.31. The highest BCUT2D eigenvalue weighted by atomic mass is 32.1. The number of hydrogen-bond acceptors (Lipinski definition) is 25. The summed E-state index contributed by atoms with van der Waals surface area (Å²) >= 11 is 4.01. The van der Waals surface area contributed by atoms with Crippen LogP contribution in [0.1, 0.15) is 137 Å². The maximum absolute atomic E-state index is 14.6. The number of guanidine groups is 1. The molecule has 1 aliphatic heterocycles. The number of aliphatic carboxylic acids is 2. The molecule has 1 heterocycles. The summed E-state index contributed by atoms with van der Waals surface area (Å²) in [6, 6.07) is -6.37. The van der Waals surface area contributed by atoms with Crippen molar-refractivity contribution < 1.29 is 112 Å². The third kappa shape index (κ3) is 36.0. The lowest BCUT2D eigenvalue weighted by Crippen LogP contribution is -2.63. The van der Waals surface area contributed by atoms with E-state index in [2.05, 4.69) is 86.7 Å². The lowest BCUT2D eigenvalue weighted by molar-refractivity contribution is -0.144. The molecule has 0 spiro atoms. The predicted molar refractivity (Wildman–Crippen MR) is 437 cm³/mol. The van der Waals surface area contributed by atoms with E-state index in [0.29, 0.717) is 11.1 Å². The second-order valence-electron chi connectivity index (χ2n) is 29.7. The minimum atomic E-state index is -2.02. The van der Waals surface area contributed by atoms with Crippen molar-refractivity contribution in [2.24, 2.45) is 51.2 Å². The first-order valence-corrected chi connectivity index (χ1v) is 40.1. The Kier molecular flexibility index (Phi) is 44.8. The highest BCUT2D eigenvalue weighted by Crippen LogP contribution is 2.21. The van der Waals surface area contributed by atoms with Crippen LogP contribution in [0, 0.1) is 11.8 Å². The molecule has 2 aromatic rings. The number of carbonyl (C=O) groups excluding carboxylic acids is 16. The highest BCUT2D eigenvalue weighted by molar-refractivity contribution is 7.80. The van der Waals surface area contributed by atoms with E-state index in [-0.39, 0.29) is 95.6 Å². The number of carbonyl (C=O) groups is 18. The van der Waals surface area contributed by atoms with E-state index in [4.69, 9.17) is 39.5 Å². The Hall–Kier alpha value is -11.7. The number of hydrogen-bond donors (Lipinski definition) is 25. The van der Waals surface area contributed by atoms with Gasteiger partial charge in [-0.2, -0.15) is 12.6 Å². The molecule has 0 radical (unpaired) electrons. The average Bonchev–Trinajstić information content (AvgIpc) is 1.70. The molecule has 0 saturated carbocycles. The van der Waals surface area contributed by atoms with Crippen LogP contribution in [0.5, 0.6) is 0 Å². The van der Waals surface area contributed by atoms with Gasteiger partial charge < -0.3 is 134 Å². The van der Waals surface area contributed by atoms with Crippen molar-refractivity contribution >= 4 is 125 Å². The van der Waals surface area contributed by atoms with E-state index in [1.807, 2.05) is 0 Å². The third-order valence-corrected chi connectivity index (χ3v) is 19.7. The van der Waals surface area contributed by atoms with Gasteiger partial charge in [0.25, 0.3) is 0 Å². The molecular formula is C76H119N21O23S. The number of nitrogens with two attached hydrogens (primary N) is 6. The topological polar surface area (TPSA) is 737 Å². The van der Waals surface area contributed by atoms with Gasteiger partial charge in [-0.15, -0.1) is 0 Å². The summed E-state index contributed by atoms with van der Waals surface area (Å²) in [4.78, 5) is 250.